The Hall–Kier alpha value is -4.25. The van der Waals surface area contributed by atoms with Crippen LogP contribution in [0.2, 0.25) is 0 Å². The minimum absolute atomic E-state index is 0.0460. The van der Waals surface area contributed by atoms with E-state index in [1.807, 2.05) is 0 Å². The molecule has 0 fully saturated rings. The summed E-state index contributed by atoms with van der Waals surface area (Å²) in [7, 11) is 0. The number of aliphatic carboxylic acids is 1. The molecule has 172 valence electrons. The molecule has 1 atom stereocenters. The molecule has 1 aromatic heterocycles. The molecule has 0 spiro atoms. The van der Waals surface area contributed by atoms with Crippen molar-refractivity contribution in [2.75, 3.05) is 10.6 Å². The van der Waals surface area contributed by atoms with Gasteiger partial charge in [-0.1, -0.05) is 43.3 Å². The highest BCUT2D eigenvalue weighted by Crippen LogP contribution is 2.23. The maximum atomic E-state index is 13.6. The van der Waals surface area contributed by atoms with Gasteiger partial charge in [-0.05, 0) is 30.2 Å². The predicted molar refractivity (Wildman–Crippen MR) is 118 cm³/mol. The van der Waals surface area contributed by atoms with Crippen LogP contribution in [0, 0.1) is 17.1 Å². The first kappa shape index (κ1) is 23.4. The van der Waals surface area contributed by atoms with Gasteiger partial charge in [-0.25, -0.2) is 19.0 Å². The fourth-order valence-corrected chi connectivity index (χ4v) is 3.02. The Morgan fingerprint density at radius 2 is 1.79 bits per heavy atom. The van der Waals surface area contributed by atoms with Gasteiger partial charge in [0, 0.05) is 17.3 Å². The van der Waals surface area contributed by atoms with E-state index in [0.717, 1.165) is 0 Å². The number of hydroxylamine groups is 2. The normalized spacial score (nSPS) is 11.7. The van der Waals surface area contributed by atoms with Crippen molar-refractivity contribution < 1.29 is 28.8 Å². The van der Waals surface area contributed by atoms with Crippen molar-refractivity contribution in [2.24, 2.45) is 5.92 Å². The lowest BCUT2D eigenvalue weighted by Crippen LogP contribution is -2.46. The van der Waals surface area contributed by atoms with Crippen LogP contribution in [0.1, 0.15) is 19.6 Å². The van der Waals surface area contributed by atoms with Crippen molar-refractivity contribution in [1.29, 1.82) is 5.41 Å². The number of amidine groups is 1. The van der Waals surface area contributed by atoms with E-state index in [1.54, 1.807) is 44.2 Å². The Kier molecular flexibility index (Phi) is 7.04. The van der Waals surface area contributed by atoms with Crippen LogP contribution in [0.15, 0.2) is 59.1 Å². The summed E-state index contributed by atoms with van der Waals surface area (Å²) in [5, 5.41) is 36.7. The number of hydrogen-bond acceptors (Lipinski definition) is 6. The lowest BCUT2D eigenvalue weighted by molar-refractivity contribution is -0.157. The summed E-state index contributed by atoms with van der Waals surface area (Å²) in [5.74, 6) is -2.96. The number of carboxylic acids is 1. The van der Waals surface area contributed by atoms with Crippen molar-refractivity contribution in [3.05, 3.63) is 66.2 Å². The molecule has 2 aromatic carbocycles. The first-order chi connectivity index (χ1) is 15.7. The molecule has 10 nitrogen and oxygen atoms in total. The Balaban J connectivity index is 1.67. The van der Waals surface area contributed by atoms with Crippen molar-refractivity contribution in [3.63, 3.8) is 0 Å². The third kappa shape index (κ3) is 5.52. The smallest absolute Gasteiger partial charge is 0.329 e. The molecule has 0 radical (unpaired) electrons. The summed E-state index contributed by atoms with van der Waals surface area (Å²) in [6, 6.07) is 11.7. The number of aromatic nitrogens is 1. The van der Waals surface area contributed by atoms with Crippen LogP contribution < -0.4 is 10.6 Å². The van der Waals surface area contributed by atoms with E-state index in [4.69, 9.17) is 9.93 Å². The van der Waals surface area contributed by atoms with E-state index >= 15 is 0 Å². The molecule has 11 heteroatoms. The van der Waals surface area contributed by atoms with Crippen LogP contribution in [0.4, 0.5) is 20.6 Å². The van der Waals surface area contributed by atoms with Gasteiger partial charge in [0.15, 0.2) is 11.9 Å². The molecule has 33 heavy (non-hydrogen) atoms. The molecule has 0 saturated carbocycles. The molecule has 2 amide bonds. The molecule has 1 heterocycles. The average Bonchev–Trinajstić information content (AvgIpc) is 3.25. The molecule has 0 aliphatic carbocycles. The third-order valence-corrected chi connectivity index (χ3v) is 4.68. The van der Waals surface area contributed by atoms with E-state index < -0.39 is 35.6 Å². The number of benzene rings is 2. The zero-order valence-electron chi connectivity index (χ0n) is 17.7. The lowest BCUT2D eigenvalue weighted by Gasteiger charge is -2.26. The molecule has 0 bridgehead atoms. The van der Waals surface area contributed by atoms with E-state index in [1.165, 1.54) is 24.3 Å². The fourth-order valence-electron chi connectivity index (χ4n) is 3.02. The predicted octanol–water partition coefficient (Wildman–Crippen LogP) is 4.25. The quantitative estimate of drug-likeness (QED) is 0.203. The number of anilines is 2. The fraction of sp³-hybridized carbons (Fsp3) is 0.182. The van der Waals surface area contributed by atoms with Crippen LogP contribution in [-0.2, 0) is 4.79 Å². The summed E-state index contributed by atoms with van der Waals surface area (Å²) in [6.07, 6.45) is 0. The van der Waals surface area contributed by atoms with Crippen LogP contribution in [0.5, 0.6) is 0 Å². The first-order valence-electron chi connectivity index (χ1n) is 9.87. The minimum atomic E-state index is -1.33. The number of halogens is 1. The van der Waals surface area contributed by atoms with Gasteiger partial charge < -0.3 is 20.3 Å². The monoisotopic (exact) mass is 455 g/mol. The highest BCUT2D eigenvalue weighted by molar-refractivity contribution is 6.00. The van der Waals surface area contributed by atoms with Crippen LogP contribution >= 0.6 is 0 Å². The van der Waals surface area contributed by atoms with Gasteiger partial charge in [0.25, 0.3) is 0 Å². The molecule has 5 N–H and O–H groups in total. The van der Waals surface area contributed by atoms with Crippen LogP contribution in [0.3, 0.4) is 0 Å². The molecular weight excluding hydrogens is 433 g/mol. The number of nitrogens with zero attached hydrogens (tertiary/aromatic N) is 2. The molecule has 0 aliphatic rings. The molecule has 0 aliphatic heterocycles. The molecule has 3 rings (SSSR count). The van der Waals surface area contributed by atoms with Gasteiger partial charge in [-0.15, -0.1) is 0 Å². The van der Waals surface area contributed by atoms with Gasteiger partial charge in [0.05, 0.1) is 5.69 Å². The standard InChI is InChI=1S/C22H22FN5O5/c1-12(2)19(21(29)30)28(32)20(24)18-11-17(27-33-18)13-7-9-14(10-8-13)25-22(31)26-16-6-4-3-5-15(16)23/h3-12,19,24,32H,1-2H3,(H,29,30)(H2,25,26,31)/t19-/m1/s1. The number of nitrogens with one attached hydrogen (secondary N) is 3. The summed E-state index contributed by atoms with van der Waals surface area (Å²) in [4.78, 5) is 23.4. The Morgan fingerprint density at radius 1 is 1.12 bits per heavy atom. The van der Waals surface area contributed by atoms with Crippen LogP contribution in [-0.4, -0.2) is 44.4 Å². The van der Waals surface area contributed by atoms with Crippen molar-refractivity contribution in [3.8, 4) is 11.3 Å². The third-order valence-electron chi connectivity index (χ3n) is 4.68. The van der Waals surface area contributed by atoms with E-state index in [-0.39, 0.29) is 11.4 Å². The highest BCUT2D eigenvalue weighted by atomic mass is 19.1. The van der Waals surface area contributed by atoms with Gasteiger partial charge >= 0.3 is 12.0 Å². The van der Waals surface area contributed by atoms with Gasteiger partial charge in [0.2, 0.25) is 5.76 Å². The second-order valence-electron chi connectivity index (χ2n) is 7.43. The number of carbonyl (C=O) groups is 2. The zero-order chi connectivity index (χ0) is 24.1. The number of amides is 2. The number of carboxylic acid groups (broad SMARTS) is 1. The average molecular weight is 455 g/mol. The summed E-state index contributed by atoms with van der Waals surface area (Å²) < 4.78 is 18.7. The van der Waals surface area contributed by atoms with Crippen molar-refractivity contribution in [2.45, 2.75) is 19.9 Å². The molecule has 0 unspecified atom stereocenters. The van der Waals surface area contributed by atoms with E-state index in [2.05, 4.69) is 15.8 Å². The zero-order valence-corrected chi connectivity index (χ0v) is 17.7. The van der Waals surface area contributed by atoms with Gasteiger partial charge in [-0.3, -0.25) is 10.6 Å². The second-order valence-corrected chi connectivity index (χ2v) is 7.43. The van der Waals surface area contributed by atoms with E-state index in [0.29, 0.717) is 22.0 Å². The number of rotatable bonds is 7. The first-order valence-corrected chi connectivity index (χ1v) is 9.87. The number of carbonyl (C=O) groups excluding carboxylic acids is 1. The minimum Gasteiger partial charge on any atom is -0.480 e. The SMILES string of the molecule is CC(C)[C@H](C(=O)O)N(O)C(=N)c1cc(-c2ccc(NC(=O)Nc3ccccc3F)cc2)no1. The number of urea groups is 1. The maximum absolute atomic E-state index is 13.6. The second kappa shape index (κ2) is 9.92. The topological polar surface area (TPSA) is 152 Å². The summed E-state index contributed by atoms with van der Waals surface area (Å²) in [6.45, 7) is 3.21. The maximum Gasteiger partial charge on any atom is 0.329 e. The van der Waals surface area contributed by atoms with Gasteiger partial charge in [0.1, 0.15) is 11.5 Å². The molecule has 3 aromatic rings. The lowest BCUT2D eigenvalue weighted by atomic mass is 10.0. The molecule has 0 saturated heterocycles. The summed E-state index contributed by atoms with van der Waals surface area (Å²) in [5.41, 5.74) is 1.40. The van der Waals surface area contributed by atoms with Crippen molar-refractivity contribution >= 4 is 29.2 Å². The van der Waals surface area contributed by atoms with Crippen LogP contribution in [0.25, 0.3) is 11.3 Å². The summed E-state index contributed by atoms with van der Waals surface area (Å²) >= 11 is 0. The Bertz CT molecular complexity index is 1160. The van der Waals surface area contributed by atoms with Gasteiger partial charge in [-0.2, -0.15) is 0 Å². The highest BCUT2D eigenvalue weighted by Gasteiger charge is 2.32. The van der Waals surface area contributed by atoms with E-state index in [9.17, 15) is 24.3 Å². The number of para-hydroxylation sites is 1. The van der Waals surface area contributed by atoms with Crippen molar-refractivity contribution in [1.82, 2.24) is 10.2 Å². The Labute approximate surface area is 188 Å². The number of hydrogen-bond donors (Lipinski definition) is 5. The Morgan fingerprint density at radius 3 is 2.39 bits per heavy atom. The molecular formula is C22H22FN5O5. The largest absolute Gasteiger partial charge is 0.480 e.